The van der Waals surface area contributed by atoms with E-state index in [1.165, 1.54) is 11.1 Å². The number of aromatic amines is 1. The first-order valence-corrected chi connectivity index (χ1v) is 7.51. The van der Waals surface area contributed by atoms with Gasteiger partial charge in [0.05, 0.1) is 10.9 Å². The van der Waals surface area contributed by atoms with E-state index in [0.717, 1.165) is 19.3 Å². The average molecular weight is 329 g/mol. The fraction of sp³-hybridized carbons (Fsp3) is 0.500. The summed E-state index contributed by atoms with van der Waals surface area (Å²) in [6, 6.07) is 0. The second-order valence-corrected chi connectivity index (χ2v) is 5.91. The molecule has 3 heterocycles. The lowest BCUT2D eigenvalue weighted by Crippen LogP contribution is -2.37. The molecule has 2 atom stereocenters. The molecule has 2 aromatic rings. The Labute approximate surface area is 130 Å². The zero-order valence-corrected chi connectivity index (χ0v) is 12.7. The van der Waals surface area contributed by atoms with E-state index in [4.69, 9.17) is 11.6 Å². The van der Waals surface area contributed by atoms with E-state index in [2.05, 4.69) is 15.0 Å². The summed E-state index contributed by atoms with van der Waals surface area (Å²) >= 11 is 5.64. The van der Waals surface area contributed by atoms with E-state index in [9.17, 15) is 13.6 Å². The summed E-state index contributed by atoms with van der Waals surface area (Å²) < 4.78 is 28.7. The van der Waals surface area contributed by atoms with Crippen LogP contribution in [0.25, 0.3) is 10.9 Å². The molecule has 2 unspecified atom stereocenters. The van der Waals surface area contributed by atoms with Crippen molar-refractivity contribution in [3.8, 4) is 0 Å². The van der Waals surface area contributed by atoms with Crippen molar-refractivity contribution in [1.82, 2.24) is 15.0 Å². The Morgan fingerprint density at radius 3 is 3.00 bits per heavy atom. The summed E-state index contributed by atoms with van der Waals surface area (Å²) in [6.45, 7) is 2.23. The fourth-order valence-electron chi connectivity index (χ4n) is 2.81. The number of nitrogens with one attached hydrogen (secondary N) is 1. The largest absolute Gasteiger partial charge is 0.347 e. The van der Waals surface area contributed by atoms with Gasteiger partial charge in [0.25, 0.3) is 0 Å². The highest BCUT2D eigenvalue weighted by Gasteiger charge is 2.29. The Kier molecular flexibility index (Phi) is 3.99. The number of rotatable bonds is 1. The van der Waals surface area contributed by atoms with Gasteiger partial charge in [-0.3, -0.25) is 0 Å². The van der Waals surface area contributed by atoms with Gasteiger partial charge in [-0.1, -0.05) is 24.9 Å². The number of nitrogens with zero attached hydrogens (tertiary/aromatic N) is 3. The molecule has 0 aromatic carbocycles. The summed E-state index contributed by atoms with van der Waals surface area (Å²) in [6.07, 6.45) is 2.47. The van der Waals surface area contributed by atoms with E-state index in [0.29, 0.717) is 6.54 Å². The predicted octanol–water partition coefficient (Wildman–Crippen LogP) is 3.03. The highest BCUT2D eigenvalue weighted by atomic mass is 35.5. The number of pyridine rings is 1. The van der Waals surface area contributed by atoms with Crippen molar-refractivity contribution in [3.05, 3.63) is 27.7 Å². The SMILES string of the molecule is CC1CCCCN(c2nc(=O)[nH]c3c(F)c(Cl)ncc23)C1F. The lowest BCUT2D eigenvalue weighted by atomic mass is 10.1. The van der Waals surface area contributed by atoms with Gasteiger partial charge in [-0.2, -0.15) is 4.98 Å². The number of aromatic nitrogens is 3. The second kappa shape index (κ2) is 5.79. The minimum Gasteiger partial charge on any atom is -0.326 e. The highest BCUT2D eigenvalue weighted by molar-refractivity contribution is 6.30. The molecule has 1 N–H and O–H groups in total. The summed E-state index contributed by atoms with van der Waals surface area (Å²) in [5, 5.41) is -0.0976. The van der Waals surface area contributed by atoms with Crippen molar-refractivity contribution >= 4 is 28.3 Å². The first-order chi connectivity index (χ1) is 10.5. The molecular weight excluding hydrogens is 314 g/mol. The van der Waals surface area contributed by atoms with E-state index in [1.807, 2.05) is 6.92 Å². The molecule has 1 aliphatic heterocycles. The smallest absolute Gasteiger partial charge is 0.326 e. The van der Waals surface area contributed by atoms with Crippen molar-refractivity contribution in [1.29, 1.82) is 0 Å². The third-order valence-corrected chi connectivity index (χ3v) is 4.27. The van der Waals surface area contributed by atoms with Crippen molar-refractivity contribution in [2.24, 2.45) is 5.92 Å². The van der Waals surface area contributed by atoms with Crippen molar-refractivity contribution in [3.63, 3.8) is 0 Å². The molecule has 0 radical (unpaired) electrons. The monoisotopic (exact) mass is 328 g/mol. The van der Waals surface area contributed by atoms with Crippen molar-refractivity contribution < 1.29 is 8.78 Å². The quantitative estimate of drug-likeness (QED) is 0.645. The first kappa shape index (κ1) is 15.1. The normalized spacial score (nSPS) is 22.8. The number of anilines is 1. The molecule has 1 aliphatic rings. The van der Waals surface area contributed by atoms with Gasteiger partial charge in [0, 0.05) is 18.7 Å². The lowest BCUT2D eigenvalue weighted by molar-refractivity contribution is 0.234. The van der Waals surface area contributed by atoms with Gasteiger partial charge in [0.2, 0.25) is 0 Å². The number of alkyl halides is 1. The topological polar surface area (TPSA) is 61.9 Å². The molecule has 118 valence electrons. The molecule has 0 amide bonds. The van der Waals surface area contributed by atoms with Crippen LogP contribution >= 0.6 is 11.6 Å². The Morgan fingerprint density at radius 2 is 2.23 bits per heavy atom. The number of H-pyrrole nitrogens is 1. The van der Waals surface area contributed by atoms with Crippen LogP contribution in [0.3, 0.4) is 0 Å². The standard InChI is InChI=1S/C14H15ClF2N4O/c1-7-4-2-3-5-21(12(7)17)13-8-6-18-11(15)9(16)10(8)19-14(22)20-13/h6-7,12H,2-5H2,1H3,(H,19,20,22). The van der Waals surface area contributed by atoms with Crippen LogP contribution in [0.5, 0.6) is 0 Å². The van der Waals surface area contributed by atoms with Gasteiger partial charge < -0.3 is 9.88 Å². The molecule has 22 heavy (non-hydrogen) atoms. The van der Waals surface area contributed by atoms with E-state index >= 15 is 0 Å². The molecule has 8 heteroatoms. The average Bonchev–Trinajstić information content (AvgIpc) is 2.65. The third kappa shape index (κ3) is 2.54. The minimum atomic E-state index is -1.28. The number of hydrogen-bond acceptors (Lipinski definition) is 4. The zero-order valence-electron chi connectivity index (χ0n) is 11.9. The molecule has 2 aromatic heterocycles. The summed E-state index contributed by atoms with van der Waals surface area (Å²) in [4.78, 5) is 23.1. The lowest BCUT2D eigenvalue weighted by Gasteiger charge is -2.28. The fourth-order valence-corrected chi connectivity index (χ4v) is 2.95. The Bertz CT molecular complexity index is 766. The minimum absolute atomic E-state index is 0.0981. The first-order valence-electron chi connectivity index (χ1n) is 7.13. The Hall–Kier alpha value is -1.76. The van der Waals surface area contributed by atoms with Crippen LogP contribution in [0.1, 0.15) is 26.2 Å². The molecule has 0 spiro atoms. The molecule has 1 fully saturated rings. The molecule has 1 saturated heterocycles. The van der Waals surface area contributed by atoms with Crippen molar-refractivity contribution in [2.45, 2.75) is 32.5 Å². The number of hydrogen-bond donors (Lipinski definition) is 1. The maximum absolute atomic E-state index is 14.7. The van der Waals surface area contributed by atoms with Crippen LogP contribution in [-0.2, 0) is 0 Å². The zero-order chi connectivity index (χ0) is 15.9. The van der Waals surface area contributed by atoms with Crippen LogP contribution < -0.4 is 10.6 Å². The maximum atomic E-state index is 14.7. The summed E-state index contributed by atoms with van der Waals surface area (Å²) in [7, 11) is 0. The van der Waals surface area contributed by atoms with Gasteiger partial charge in [-0.15, -0.1) is 0 Å². The predicted molar refractivity (Wildman–Crippen MR) is 80.4 cm³/mol. The molecular formula is C14H15ClF2N4O. The number of fused-ring (bicyclic) bond motifs is 1. The van der Waals surface area contributed by atoms with Gasteiger partial charge >= 0.3 is 5.69 Å². The van der Waals surface area contributed by atoms with Crippen LogP contribution in [0.4, 0.5) is 14.6 Å². The van der Waals surface area contributed by atoms with E-state index in [1.54, 1.807) is 0 Å². The Balaban J connectivity index is 2.21. The number of halogens is 3. The van der Waals surface area contributed by atoms with Crippen molar-refractivity contribution in [2.75, 3.05) is 11.4 Å². The van der Waals surface area contributed by atoms with E-state index in [-0.39, 0.29) is 27.8 Å². The van der Waals surface area contributed by atoms with E-state index < -0.39 is 17.8 Å². The maximum Gasteiger partial charge on any atom is 0.347 e. The van der Waals surface area contributed by atoms with Gasteiger partial charge in [0.15, 0.2) is 17.3 Å². The Morgan fingerprint density at radius 1 is 1.45 bits per heavy atom. The third-order valence-electron chi connectivity index (χ3n) is 4.01. The molecule has 5 nitrogen and oxygen atoms in total. The van der Waals surface area contributed by atoms with Gasteiger partial charge in [-0.25, -0.2) is 18.6 Å². The van der Waals surface area contributed by atoms with Crippen LogP contribution in [0, 0.1) is 11.7 Å². The molecule has 3 rings (SSSR count). The summed E-state index contributed by atoms with van der Waals surface area (Å²) in [5.74, 6) is -0.912. The molecule has 0 saturated carbocycles. The van der Waals surface area contributed by atoms with Crippen LogP contribution in [0.15, 0.2) is 11.0 Å². The van der Waals surface area contributed by atoms with Crippen LogP contribution in [-0.4, -0.2) is 27.8 Å². The highest BCUT2D eigenvalue weighted by Crippen LogP contribution is 2.32. The second-order valence-electron chi connectivity index (χ2n) is 5.56. The molecule has 0 bridgehead atoms. The van der Waals surface area contributed by atoms with Gasteiger partial charge in [-0.05, 0) is 12.8 Å². The van der Waals surface area contributed by atoms with Gasteiger partial charge in [0.1, 0.15) is 5.82 Å². The summed E-state index contributed by atoms with van der Waals surface area (Å²) in [5.41, 5.74) is -0.841. The molecule has 0 aliphatic carbocycles. The van der Waals surface area contributed by atoms with Crippen LogP contribution in [0.2, 0.25) is 5.15 Å².